The fourth-order valence-electron chi connectivity index (χ4n) is 4.84. The third-order valence-electron chi connectivity index (χ3n) is 6.18. The fourth-order valence-corrected chi connectivity index (χ4v) is 4.84. The Bertz CT molecular complexity index is 956. The van der Waals surface area contributed by atoms with Gasteiger partial charge in [0.15, 0.2) is 5.60 Å². The number of hydrogen-bond donors (Lipinski definition) is 1. The molecule has 1 N–H and O–H groups in total. The van der Waals surface area contributed by atoms with E-state index in [1.807, 2.05) is 6.92 Å². The van der Waals surface area contributed by atoms with E-state index in [0.717, 1.165) is 29.7 Å². The number of aryl methyl sites for hydroxylation is 4. The van der Waals surface area contributed by atoms with Crippen LogP contribution in [0.15, 0.2) is 12.1 Å². The molecule has 162 valence electrons. The first-order chi connectivity index (χ1) is 14.1. The molecule has 0 fully saturated rings. The lowest BCUT2D eigenvalue weighted by atomic mass is 9.98. The summed E-state index contributed by atoms with van der Waals surface area (Å²) in [5.41, 5.74) is 4.20. The van der Waals surface area contributed by atoms with E-state index in [0.29, 0.717) is 29.6 Å². The van der Waals surface area contributed by atoms with Gasteiger partial charge in [-0.1, -0.05) is 31.5 Å². The number of carbonyl (C=O) groups excluding carboxylic acids is 1. The van der Waals surface area contributed by atoms with Crippen molar-refractivity contribution in [2.45, 2.75) is 79.9 Å². The van der Waals surface area contributed by atoms with Crippen molar-refractivity contribution in [3.05, 3.63) is 40.1 Å². The molecule has 2 heterocycles. The average molecular weight is 411 g/mol. The van der Waals surface area contributed by atoms with Gasteiger partial charge in [0, 0.05) is 18.3 Å². The Kier molecular flexibility index (Phi) is 5.92. The molecule has 1 atom stereocenters. The molecule has 1 aliphatic heterocycles. The van der Waals surface area contributed by atoms with Crippen molar-refractivity contribution in [3.63, 3.8) is 0 Å². The molecule has 0 bridgehead atoms. The maximum Gasteiger partial charge on any atom is 0.264 e. The number of hydrogen-bond acceptors (Lipinski definition) is 5. The topological polar surface area (TPSA) is 69.6 Å². The van der Waals surface area contributed by atoms with Crippen LogP contribution in [0.5, 0.6) is 0 Å². The van der Waals surface area contributed by atoms with Gasteiger partial charge in [-0.25, -0.2) is 4.98 Å². The van der Waals surface area contributed by atoms with E-state index >= 15 is 0 Å². The number of benzene rings is 1. The summed E-state index contributed by atoms with van der Waals surface area (Å²) in [6.45, 7) is 16.6. The molecular weight excluding hydrogens is 376 g/mol. The first-order valence-electron chi connectivity index (χ1n) is 10.9. The lowest BCUT2D eigenvalue weighted by Crippen LogP contribution is -2.43. The predicted molar refractivity (Wildman–Crippen MR) is 122 cm³/mol. The molecule has 0 saturated carbocycles. The van der Waals surface area contributed by atoms with Crippen LogP contribution < -0.4 is 9.80 Å². The zero-order valence-corrected chi connectivity index (χ0v) is 19.5. The molecule has 30 heavy (non-hydrogen) atoms. The second kappa shape index (κ2) is 7.99. The number of amides is 1. The number of rotatable bonds is 6. The molecule has 6 nitrogen and oxygen atoms in total. The Labute approximate surface area is 180 Å². The van der Waals surface area contributed by atoms with Gasteiger partial charge in [0.2, 0.25) is 5.95 Å². The summed E-state index contributed by atoms with van der Waals surface area (Å²) in [6, 6.07) is 4.32. The summed E-state index contributed by atoms with van der Waals surface area (Å²) in [5.74, 6) is 0.791. The van der Waals surface area contributed by atoms with Crippen LogP contribution in [-0.4, -0.2) is 33.6 Å². The number of carbonyl (C=O) groups is 1. The highest BCUT2D eigenvalue weighted by molar-refractivity contribution is 6.06. The van der Waals surface area contributed by atoms with E-state index in [4.69, 9.17) is 9.97 Å². The number of fused-ring (bicyclic) bond motifs is 1. The van der Waals surface area contributed by atoms with Gasteiger partial charge in [-0.2, -0.15) is 4.98 Å². The van der Waals surface area contributed by atoms with Crippen LogP contribution in [0, 0.1) is 27.7 Å². The molecule has 0 aliphatic carbocycles. The Hall–Kier alpha value is -2.47. The zero-order valence-electron chi connectivity index (χ0n) is 19.5. The second-order valence-corrected chi connectivity index (χ2v) is 8.52. The van der Waals surface area contributed by atoms with Crippen LogP contribution in [0.4, 0.5) is 17.5 Å². The largest absolute Gasteiger partial charge is 0.375 e. The van der Waals surface area contributed by atoms with E-state index in [1.54, 1.807) is 11.8 Å². The zero-order chi connectivity index (χ0) is 22.4. The highest BCUT2D eigenvalue weighted by Gasteiger charge is 2.50. The van der Waals surface area contributed by atoms with Crippen molar-refractivity contribution in [2.75, 3.05) is 16.3 Å². The van der Waals surface area contributed by atoms with Crippen LogP contribution in [0.2, 0.25) is 0 Å². The minimum atomic E-state index is -1.60. The lowest BCUT2D eigenvalue weighted by molar-refractivity contribution is -0.134. The SMILES string of the molecule is CCC(CC)N1C(=O)[C@](C)(O)c2c(C)nc(N(CC)c3c(C)cc(C)cc3C)nc21. The van der Waals surface area contributed by atoms with Crippen LogP contribution in [-0.2, 0) is 10.4 Å². The lowest BCUT2D eigenvalue weighted by Gasteiger charge is -2.29. The van der Waals surface area contributed by atoms with Gasteiger partial charge in [0.25, 0.3) is 5.91 Å². The normalized spacial score (nSPS) is 18.3. The van der Waals surface area contributed by atoms with E-state index < -0.39 is 5.60 Å². The van der Waals surface area contributed by atoms with Gasteiger partial charge in [-0.15, -0.1) is 0 Å². The monoisotopic (exact) mass is 410 g/mol. The number of aliphatic hydroxyl groups is 1. The third kappa shape index (κ3) is 3.37. The number of anilines is 3. The average Bonchev–Trinajstić information content (AvgIpc) is 2.86. The van der Waals surface area contributed by atoms with Crippen LogP contribution in [0.1, 0.15) is 68.5 Å². The molecule has 0 saturated heterocycles. The molecule has 2 aromatic rings. The highest BCUT2D eigenvalue weighted by Crippen LogP contribution is 2.44. The predicted octanol–water partition coefficient (Wildman–Crippen LogP) is 4.61. The minimum absolute atomic E-state index is 0.00898. The molecule has 1 aliphatic rings. The van der Waals surface area contributed by atoms with Crippen molar-refractivity contribution < 1.29 is 9.90 Å². The summed E-state index contributed by atoms with van der Waals surface area (Å²) in [7, 11) is 0. The van der Waals surface area contributed by atoms with E-state index in [9.17, 15) is 9.90 Å². The molecule has 6 heteroatoms. The summed E-state index contributed by atoms with van der Waals surface area (Å²) in [5, 5.41) is 11.0. The Morgan fingerprint density at radius 3 is 2.13 bits per heavy atom. The van der Waals surface area contributed by atoms with E-state index in [2.05, 4.69) is 58.6 Å². The molecule has 1 aromatic heterocycles. The van der Waals surface area contributed by atoms with Gasteiger partial charge in [0.05, 0.1) is 11.3 Å². The van der Waals surface area contributed by atoms with Crippen molar-refractivity contribution >= 4 is 23.4 Å². The maximum atomic E-state index is 13.2. The molecule has 0 spiro atoms. The van der Waals surface area contributed by atoms with Crippen molar-refractivity contribution in [2.24, 2.45) is 0 Å². The first-order valence-corrected chi connectivity index (χ1v) is 10.9. The summed E-state index contributed by atoms with van der Waals surface area (Å²) in [4.78, 5) is 26.6. The summed E-state index contributed by atoms with van der Waals surface area (Å²) < 4.78 is 0. The molecule has 3 rings (SSSR count). The third-order valence-corrected chi connectivity index (χ3v) is 6.18. The quantitative estimate of drug-likeness (QED) is 0.753. The number of aromatic nitrogens is 2. The summed E-state index contributed by atoms with van der Waals surface area (Å²) >= 11 is 0. The molecule has 1 amide bonds. The Morgan fingerprint density at radius 1 is 1.07 bits per heavy atom. The van der Waals surface area contributed by atoms with Gasteiger partial charge in [-0.05, 0) is 65.5 Å². The first kappa shape index (κ1) is 22.2. The van der Waals surface area contributed by atoms with E-state index in [-0.39, 0.29) is 11.9 Å². The number of nitrogens with zero attached hydrogens (tertiary/aromatic N) is 4. The maximum absolute atomic E-state index is 13.2. The molecular formula is C24H34N4O2. The standard InChI is InChI=1S/C24H34N4O2/c1-9-18(10-2)28-21-19(24(8,30)22(28)29)17(7)25-23(26-21)27(11-3)20-15(5)12-14(4)13-16(20)6/h12-13,18,30H,9-11H2,1-8H3/t24-/m1/s1. The fraction of sp³-hybridized carbons (Fsp3) is 0.542. The van der Waals surface area contributed by atoms with Crippen molar-refractivity contribution in [1.82, 2.24) is 9.97 Å². The van der Waals surface area contributed by atoms with Gasteiger partial charge in [-0.3, -0.25) is 9.69 Å². The van der Waals surface area contributed by atoms with Gasteiger partial charge >= 0.3 is 0 Å². The van der Waals surface area contributed by atoms with Crippen molar-refractivity contribution in [1.29, 1.82) is 0 Å². The van der Waals surface area contributed by atoms with Crippen LogP contribution >= 0.6 is 0 Å². The van der Waals surface area contributed by atoms with Crippen molar-refractivity contribution in [3.8, 4) is 0 Å². The van der Waals surface area contributed by atoms with Crippen LogP contribution in [0.3, 0.4) is 0 Å². The highest BCUT2D eigenvalue weighted by atomic mass is 16.3. The van der Waals surface area contributed by atoms with Crippen LogP contribution in [0.25, 0.3) is 0 Å². The van der Waals surface area contributed by atoms with E-state index in [1.165, 1.54) is 5.56 Å². The smallest absolute Gasteiger partial charge is 0.264 e. The summed E-state index contributed by atoms with van der Waals surface area (Å²) in [6.07, 6.45) is 1.59. The molecule has 0 radical (unpaired) electrons. The molecule has 1 aromatic carbocycles. The Balaban J connectivity index is 2.23. The molecule has 0 unspecified atom stereocenters. The second-order valence-electron chi connectivity index (χ2n) is 8.52. The van der Waals surface area contributed by atoms with Gasteiger partial charge < -0.3 is 10.0 Å². The minimum Gasteiger partial charge on any atom is -0.375 e. The van der Waals surface area contributed by atoms with Gasteiger partial charge in [0.1, 0.15) is 5.82 Å². The Morgan fingerprint density at radius 2 is 1.63 bits per heavy atom.